The summed E-state index contributed by atoms with van der Waals surface area (Å²) in [7, 11) is 0. The molecule has 0 aliphatic heterocycles. The van der Waals surface area contributed by atoms with Gasteiger partial charge in [-0.2, -0.15) is 13.2 Å². The molecule has 6 nitrogen and oxygen atoms in total. The van der Waals surface area contributed by atoms with Crippen LogP contribution < -0.4 is 5.32 Å². The molecule has 0 spiro atoms. The maximum absolute atomic E-state index is 12.3. The van der Waals surface area contributed by atoms with Gasteiger partial charge in [0, 0.05) is 6.20 Å². The highest BCUT2D eigenvalue weighted by molar-refractivity contribution is 5.94. The van der Waals surface area contributed by atoms with Crippen molar-refractivity contribution < 1.29 is 33.0 Å². The van der Waals surface area contributed by atoms with Gasteiger partial charge in [0.1, 0.15) is 5.69 Å². The molecule has 0 aliphatic carbocycles. The van der Waals surface area contributed by atoms with E-state index < -0.39 is 35.9 Å². The Hall–Kier alpha value is -2.16. The van der Waals surface area contributed by atoms with Gasteiger partial charge in [0.25, 0.3) is 5.91 Å². The van der Waals surface area contributed by atoms with Gasteiger partial charge in [-0.25, -0.2) is 4.79 Å². The molecule has 9 heteroatoms. The van der Waals surface area contributed by atoms with Crippen LogP contribution in [-0.2, 0) is 11.0 Å². The molecule has 0 aliphatic rings. The Morgan fingerprint density at radius 1 is 1.35 bits per heavy atom. The van der Waals surface area contributed by atoms with Gasteiger partial charge in [0.05, 0.1) is 12.1 Å². The van der Waals surface area contributed by atoms with E-state index in [0.29, 0.717) is 12.3 Å². The fourth-order valence-electron chi connectivity index (χ4n) is 1.13. The molecule has 3 N–H and O–H groups in total. The van der Waals surface area contributed by atoms with E-state index >= 15 is 0 Å². The number of aromatic nitrogens is 1. The Morgan fingerprint density at radius 2 is 1.95 bits per heavy atom. The van der Waals surface area contributed by atoms with Crippen molar-refractivity contribution in [3.05, 3.63) is 29.6 Å². The highest BCUT2D eigenvalue weighted by atomic mass is 19.4. The third-order valence-corrected chi connectivity index (χ3v) is 2.37. The van der Waals surface area contributed by atoms with E-state index in [1.807, 2.05) is 0 Å². The van der Waals surface area contributed by atoms with Crippen molar-refractivity contribution in [2.75, 3.05) is 6.54 Å². The van der Waals surface area contributed by atoms with Gasteiger partial charge in [-0.1, -0.05) is 0 Å². The van der Waals surface area contributed by atoms with Crippen LogP contribution in [0.5, 0.6) is 0 Å². The van der Waals surface area contributed by atoms with Gasteiger partial charge in [0.2, 0.25) is 0 Å². The van der Waals surface area contributed by atoms with Crippen LogP contribution in [0.25, 0.3) is 0 Å². The molecule has 1 aromatic heterocycles. The lowest BCUT2D eigenvalue weighted by Gasteiger charge is -2.18. The summed E-state index contributed by atoms with van der Waals surface area (Å²) in [6.45, 7) is 0.378. The Morgan fingerprint density at radius 3 is 2.35 bits per heavy atom. The van der Waals surface area contributed by atoms with Gasteiger partial charge in [-0.3, -0.25) is 9.78 Å². The molecular weight excluding hydrogens is 281 g/mol. The summed E-state index contributed by atoms with van der Waals surface area (Å²) in [6, 6.07) is 1.53. The maximum atomic E-state index is 12.3. The van der Waals surface area contributed by atoms with Gasteiger partial charge in [-0.05, 0) is 19.1 Å². The molecule has 1 amide bonds. The summed E-state index contributed by atoms with van der Waals surface area (Å²) >= 11 is 0. The Labute approximate surface area is 111 Å². The highest BCUT2D eigenvalue weighted by Crippen LogP contribution is 2.27. The molecule has 1 rings (SSSR count). The van der Waals surface area contributed by atoms with Crippen molar-refractivity contribution in [3.8, 4) is 0 Å². The summed E-state index contributed by atoms with van der Waals surface area (Å²) in [4.78, 5) is 25.2. The summed E-state index contributed by atoms with van der Waals surface area (Å²) in [6.07, 6.45) is -3.89. The number of nitrogens with zero attached hydrogens (tertiary/aromatic N) is 1. The highest BCUT2D eigenvalue weighted by Gasteiger charge is 2.33. The number of hydrogen-bond acceptors (Lipinski definition) is 4. The number of carboxylic acid groups (broad SMARTS) is 1. The van der Waals surface area contributed by atoms with Crippen LogP contribution in [0.1, 0.15) is 23.0 Å². The number of pyridine rings is 1. The molecule has 20 heavy (non-hydrogen) atoms. The zero-order valence-electron chi connectivity index (χ0n) is 10.2. The third kappa shape index (κ3) is 3.92. The van der Waals surface area contributed by atoms with E-state index in [4.69, 9.17) is 5.11 Å². The first kappa shape index (κ1) is 15.9. The summed E-state index contributed by atoms with van der Waals surface area (Å²) < 4.78 is 36.8. The zero-order chi connectivity index (χ0) is 15.6. The third-order valence-electron chi connectivity index (χ3n) is 2.37. The minimum Gasteiger partial charge on any atom is -0.479 e. The van der Waals surface area contributed by atoms with Gasteiger partial charge >= 0.3 is 12.1 Å². The second kappa shape index (κ2) is 5.45. The normalized spacial score (nSPS) is 14.4. The van der Waals surface area contributed by atoms with Crippen molar-refractivity contribution in [2.24, 2.45) is 0 Å². The largest absolute Gasteiger partial charge is 0.479 e. The number of aliphatic carboxylic acids is 1. The van der Waals surface area contributed by atoms with E-state index in [-0.39, 0.29) is 5.56 Å². The number of carbonyl (C=O) groups is 2. The van der Waals surface area contributed by atoms with Crippen LogP contribution >= 0.6 is 0 Å². The maximum Gasteiger partial charge on any atom is 0.433 e. The van der Waals surface area contributed by atoms with E-state index in [9.17, 15) is 27.9 Å². The van der Waals surface area contributed by atoms with E-state index in [1.165, 1.54) is 0 Å². The first-order chi connectivity index (χ1) is 9.04. The van der Waals surface area contributed by atoms with Crippen molar-refractivity contribution in [1.82, 2.24) is 10.3 Å². The molecular formula is C11H11F3N2O4. The first-order valence-electron chi connectivity index (χ1n) is 5.31. The second-order valence-corrected chi connectivity index (χ2v) is 4.19. The van der Waals surface area contributed by atoms with E-state index in [0.717, 1.165) is 13.0 Å². The monoisotopic (exact) mass is 292 g/mol. The zero-order valence-corrected chi connectivity index (χ0v) is 10.2. The van der Waals surface area contributed by atoms with E-state index in [1.54, 1.807) is 0 Å². The fraction of sp³-hybridized carbons (Fsp3) is 0.364. The lowest BCUT2D eigenvalue weighted by molar-refractivity contribution is -0.155. The molecule has 0 saturated heterocycles. The molecule has 1 unspecified atom stereocenters. The number of halogens is 3. The number of alkyl halides is 3. The van der Waals surface area contributed by atoms with Crippen LogP contribution in [-0.4, -0.2) is 39.2 Å². The fourth-order valence-corrected chi connectivity index (χ4v) is 1.13. The molecule has 1 atom stereocenters. The lowest BCUT2D eigenvalue weighted by Crippen LogP contribution is -2.46. The van der Waals surface area contributed by atoms with Crippen LogP contribution in [0.15, 0.2) is 18.3 Å². The number of aliphatic hydroxyl groups is 1. The lowest BCUT2D eigenvalue weighted by atomic mass is 10.1. The van der Waals surface area contributed by atoms with Crippen molar-refractivity contribution in [1.29, 1.82) is 0 Å². The Bertz CT molecular complexity index is 511. The molecule has 0 radical (unpaired) electrons. The minimum absolute atomic E-state index is 0.181. The van der Waals surface area contributed by atoms with E-state index in [2.05, 4.69) is 10.3 Å². The molecule has 0 saturated carbocycles. The average Bonchev–Trinajstić information content (AvgIpc) is 2.35. The van der Waals surface area contributed by atoms with Crippen LogP contribution in [0.4, 0.5) is 13.2 Å². The number of carbonyl (C=O) groups excluding carboxylic acids is 1. The van der Waals surface area contributed by atoms with Crippen LogP contribution in [0, 0.1) is 0 Å². The first-order valence-corrected chi connectivity index (χ1v) is 5.31. The summed E-state index contributed by atoms with van der Waals surface area (Å²) in [5.41, 5.74) is -3.50. The molecule has 0 aromatic carbocycles. The van der Waals surface area contributed by atoms with Crippen molar-refractivity contribution >= 4 is 11.9 Å². The Kier molecular flexibility index (Phi) is 4.33. The Balaban J connectivity index is 2.72. The van der Waals surface area contributed by atoms with Gasteiger partial charge < -0.3 is 15.5 Å². The number of hydrogen-bond donors (Lipinski definition) is 3. The van der Waals surface area contributed by atoms with Crippen molar-refractivity contribution in [3.63, 3.8) is 0 Å². The van der Waals surface area contributed by atoms with Crippen LogP contribution in [0.3, 0.4) is 0 Å². The summed E-state index contributed by atoms with van der Waals surface area (Å²) in [5.74, 6) is -2.38. The van der Waals surface area contributed by atoms with Crippen molar-refractivity contribution in [2.45, 2.75) is 18.7 Å². The SMILES string of the molecule is CC(O)(CNC(=O)c1ccc(C(F)(F)F)nc1)C(=O)O. The summed E-state index contributed by atoms with van der Waals surface area (Å²) in [5, 5.41) is 20.1. The number of rotatable bonds is 4. The van der Waals surface area contributed by atoms with Crippen LogP contribution in [0.2, 0.25) is 0 Å². The molecule has 1 heterocycles. The molecule has 0 fully saturated rings. The average molecular weight is 292 g/mol. The minimum atomic E-state index is -4.61. The van der Waals surface area contributed by atoms with Gasteiger partial charge in [0.15, 0.2) is 5.60 Å². The second-order valence-electron chi connectivity index (χ2n) is 4.19. The molecule has 0 bridgehead atoms. The number of carboxylic acids is 1. The smallest absolute Gasteiger partial charge is 0.433 e. The van der Waals surface area contributed by atoms with Gasteiger partial charge in [-0.15, -0.1) is 0 Å². The standard InChI is InChI=1S/C11H11F3N2O4/c1-10(20,9(18)19)5-16-8(17)6-2-3-7(15-4-6)11(12,13)14/h2-4,20H,5H2,1H3,(H,16,17)(H,18,19). The molecule has 1 aromatic rings. The topological polar surface area (TPSA) is 99.5 Å². The molecule has 110 valence electrons. The predicted molar refractivity (Wildman–Crippen MR) is 59.8 cm³/mol. The quantitative estimate of drug-likeness (QED) is 0.757. The predicted octanol–water partition coefficient (Wildman–Crippen LogP) is 0.666. The number of amides is 1. The number of nitrogens with one attached hydrogen (secondary N) is 1.